The lowest BCUT2D eigenvalue weighted by atomic mass is 10.1. The van der Waals surface area contributed by atoms with Gasteiger partial charge in [0.1, 0.15) is 5.69 Å². The molecule has 0 spiro atoms. The van der Waals surface area contributed by atoms with Gasteiger partial charge in [-0.2, -0.15) is 0 Å². The third-order valence-corrected chi connectivity index (χ3v) is 3.34. The number of nitrogens with zero attached hydrogens (tertiary/aromatic N) is 2. The molecule has 2 heterocycles. The second kappa shape index (κ2) is 6.51. The molecular formula is C15H22N2O4. The van der Waals surface area contributed by atoms with Gasteiger partial charge in [-0.05, 0) is 26.0 Å². The Hall–Kier alpha value is -1.50. The average molecular weight is 294 g/mol. The minimum Gasteiger partial charge on any atom is -0.464 e. The maximum Gasteiger partial charge on any atom is 0.356 e. The van der Waals surface area contributed by atoms with E-state index in [0.717, 1.165) is 12.2 Å². The molecule has 2 rings (SSSR count). The molecule has 6 heteroatoms. The van der Waals surface area contributed by atoms with E-state index in [2.05, 4.69) is 14.6 Å². The number of methoxy groups -OCH3 is 1. The minimum atomic E-state index is -0.438. The van der Waals surface area contributed by atoms with Gasteiger partial charge < -0.3 is 14.6 Å². The summed E-state index contributed by atoms with van der Waals surface area (Å²) in [5, 5.41) is 9.33. The van der Waals surface area contributed by atoms with Crippen LogP contribution in [0.1, 0.15) is 30.0 Å². The normalized spacial score (nSPS) is 22.0. The van der Waals surface area contributed by atoms with Crippen molar-refractivity contribution in [1.82, 2.24) is 9.88 Å². The molecule has 0 aromatic carbocycles. The number of hydrogen-bond acceptors (Lipinski definition) is 6. The van der Waals surface area contributed by atoms with E-state index in [-0.39, 0.29) is 18.3 Å². The lowest BCUT2D eigenvalue weighted by Gasteiger charge is -2.42. The lowest BCUT2D eigenvalue weighted by Crippen LogP contribution is -2.53. The number of rotatable bonds is 4. The molecule has 0 aliphatic carbocycles. The molecule has 1 aromatic heterocycles. The smallest absolute Gasteiger partial charge is 0.356 e. The fraction of sp³-hybridized carbons (Fsp3) is 0.600. The van der Waals surface area contributed by atoms with Crippen molar-refractivity contribution in [3.05, 3.63) is 29.6 Å². The van der Waals surface area contributed by atoms with Crippen molar-refractivity contribution < 1.29 is 19.4 Å². The van der Waals surface area contributed by atoms with Gasteiger partial charge in [-0.15, -0.1) is 0 Å². The number of aliphatic hydroxyl groups is 1. The number of morpholine rings is 1. The molecule has 1 aliphatic rings. The van der Waals surface area contributed by atoms with Crippen molar-refractivity contribution in [3.63, 3.8) is 0 Å². The van der Waals surface area contributed by atoms with Crippen molar-refractivity contribution >= 4 is 5.97 Å². The molecule has 116 valence electrons. The highest BCUT2D eigenvalue weighted by atomic mass is 16.5. The summed E-state index contributed by atoms with van der Waals surface area (Å²) in [4.78, 5) is 18.0. The van der Waals surface area contributed by atoms with Gasteiger partial charge in [-0.3, -0.25) is 4.90 Å². The Kier molecular flexibility index (Phi) is 4.92. The van der Waals surface area contributed by atoms with E-state index >= 15 is 0 Å². The molecule has 0 amide bonds. The Labute approximate surface area is 124 Å². The predicted octanol–water partition coefficient (Wildman–Crippen LogP) is 0.840. The molecule has 1 fully saturated rings. The fourth-order valence-corrected chi connectivity index (χ4v) is 2.65. The van der Waals surface area contributed by atoms with Crippen LogP contribution in [-0.4, -0.2) is 59.5 Å². The summed E-state index contributed by atoms with van der Waals surface area (Å²) >= 11 is 0. The Morgan fingerprint density at radius 1 is 1.57 bits per heavy atom. The zero-order chi connectivity index (χ0) is 15.5. The Balaban J connectivity index is 2.08. The molecule has 1 N–H and O–H groups in total. The van der Waals surface area contributed by atoms with E-state index in [1.807, 2.05) is 19.9 Å². The average Bonchev–Trinajstić information content (AvgIpc) is 2.45. The van der Waals surface area contributed by atoms with E-state index < -0.39 is 5.97 Å². The summed E-state index contributed by atoms with van der Waals surface area (Å²) in [6.07, 6.45) is -0.197. The summed E-state index contributed by atoms with van der Waals surface area (Å²) < 4.78 is 10.5. The van der Waals surface area contributed by atoms with Gasteiger partial charge >= 0.3 is 5.97 Å². The molecular weight excluding hydrogens is 272 g/mol. The molecule has 1 atom stereocenters. The molecule has 6 nitrogen and oxygen atoms in total. The van der Waals surface area contributed by atoms with Crippen LogP contribution in [0.25, 0.3) is 0 Å². The number of carbonyl (C=O) groups excluding carboxylic acids is 1. The number of carbonyl (C=O) groups is 1. The summed E-state index contributed by atoms with van der Waals surface area (Å²) in [5.74, 6) is -0.438. The van der Waals surface area contributed by atoms with Crippen LogP contribution in [0.5, 0.6) is 0 Å². The topological polar surface area (TPSA) is 71.9 Å². The van der Waals surface area contributed by atoms with E-state index in [1.165, 1.54) is 7.11 Å². The van der Waals surface area contributed by atoms with Gasteiger partial charge in [0.25, 0.3) is 0 Å². The number of aromatic nitrogens is 1. The second-order valence-corrected chi connectivity index (χ2v) is 5.86. The van der Waals surface area contributed by atoms with E-state index in [4.69, 9.17) is 4.74 Å². The molecule has 1 saturated heterocycles. The highest BCUT2D eigenvalue weighted by molar-refractivity contribution is 5.87. The quantitative estimate of drug-likeness (QED) is 0.830. The van der Waals surface area contributed by atoms with Gasteiger partial charge in [0.15, 0.2) is 0 Å². The molecule has 1 aliphatic heterocycles. The van der Waals surface area contributed by atoms with E-state index in [9.17, 15) is 9.90 Å². The maximum atomic E-state index is 11.5. The Bertz CT molecular complexity index is 504. The van der Waals surface area contributed by atoms with Crippen LogP contribution in [0.4, 0.5) is 0 Å². The number of ether oxygens (including phenoxy) is 2. The van der Waals surface area contributed by atoms with Gasteiger partial charge in [0, 0.05) is 19.6 Å². The first kappa shape index (κ1) is 15.9. The first-order chi connectivity index (χ1) is 9.93. The van der Waals surface area contributed by atoms with Gasteiger partial charge in [-0.25, -0.2) is 9.78 Å². The van der Waals surface area contributed by atoms with Gasteiger partial charge in [0.2, 0.25) is 0 Å². The van der Waals surface area contributed by atoms with Crippen molar-refractivity contribution in [2.24, 2.45) is 0 Å². The van der Waals surface area contributed by atoms with Gasteiger partial charge in [0.05, 0.1) is 31.1 Å². The zero-order valence-corrected chi connectivity index (χ0v) is 12.7. The molecule has 0 radical (unpaired) electrons. The standard InChI is InChI=1S/C15H22N2O4/c1-15(2)10-17(8-12(9-18)21-15)7-11-5-4-6-13(16-11)14(19)20-3/h4-6,12,18H,7-10H2,1-3H3. The van der Waals surface area contributed by atoms with Crippen molar-refractivity contribution in [2.45, 2.75) is 32.1 Å². The molecule has 21 heavy (non-hydrogen) atoms. The van der Waals surface area contributed by atoms with Crippen molar-refractivity contribution in [3.8, 4) is 0 Å². The summed E-state index contributed by atoms with van der Waals surface area (Å²) in [5.41, 5.74) is 0.791. The number of hydrogen-bond donors (Lipinski definition) is 1. The van der Waals surface area contributed by atoms with Gasteiger partial charge in [-0.1, -0.05) is 6.07 Å². The highest BCUT2D eigenvalue weighted by Gasteiger charge is 2.33. The fourth-order valence-electron chi connectivity index (χ4n) is 2.65. The van der Waals surface area contributed by atoms with Crippen LogP contribution in [-0.2, 0) is 16.0 Å². The Morgan fingerprint density at radius 3 is 3.00 bits per heavy atom. The maximum absolute atomic E-state index is 11.5. The zero-order valence-electron chi connectivity index (χ0n) is 12.7. The van der Waals surface area contributed by atoms with Crippen molar-refractivity contribution in [2.75, 3.05) is 26.8 Å². The van der Waals surface area contributed by atoms with E-state index in [0.29, 0.717) is 18.8 Å². The molecule has 0 saturated carbocycles. The largest absolute Gasteiger partial charge is 0.464 e. The molecule has 0 bridgehead atoms. The van der Waals surface area contributed by atoms with Crippen LogP contribution in [0.15, 0.2) is 18.2 Å². The van der Waals surface area contributed by atoms with Crippen molar-refractivity contribution in [1.29, 1.82) is 0 Å². The van der Waals surface area contributed by atoms with E-state index in [1.54, 1.807) is 12.1 Å². The number of aliphatic hydroxyl groups excluding tert-OH is 1. The third-order valence-electron chi connectivity index (χ3n) is 3.34. The highest BCUT2D eigenvalue weighted by Crippen LogP contribution is 2.22. The lowest BCUT2D eigenvalue weighted by molar-refractivity contribution is -0.150. The number of esters is 1. The SMILES string of the molecule is COC(=O)c1cccc(CN2CC(CO)OC(C)(C)C2)n1. The number of pyridine rings is 1. The van der Waals surface area contributed by atoms with Crippen LogP contribution in [0.3, 0.4) is 0 Å². The predicted molar refractivity (Wildman–Crippen MR) is 76.9 cm³/mol. The van der Waals surface area contributed by atoms with Crippen LogP contribution >= 0.6 is 0 Å². The molecule has 1 aromatic rings. The summed E-state index contributed by atoms with van der Waals surface area (Å²) in [6, 6.07) is 5.31. The summed E-state index contributed by atoms with van der Waals surface area (Å²) in [7, 11) is 1.34. The summed E-state index contributed by atoms with van der Waals surface area (Å²) in [6.45, 7) is 5.99. The van der Waals surface area contributed by atoms with Crippen LogP contribution in [0, 0.1) is 0 Å². The third kappa shape index (κ3) is 4.23. The second-order valence-electron chi connectivity index (χ2n) is 5.86. The minimum absolute atomic E-state index is 0.00441. The first-order valence-corrected chi connectivity index (χ1v) is 6.99. The molecule has 1 unspecified atom stereocenters. The first-order valence-electron chi connectivity index (χ1n) is 6.99. The van der Waals surface area contributed by atoms with Crippen LogP contribution in [0.2, 0.25) is 0 Å². The monoisotopic (exact) mass is 294 g/mol. The van der Waals surface area contributed by atoms with Crippen LogP contribution < -0.4 is 0 Å². The Morgan fingerprint density at radius 2 is 2.33 bits per heavy atom.